The first kappa shape index (κ1) is 26.2. The van der Waals surface area contributed by atoms with Gasteiger partial charge in [0.05, 0.1) is 22.3 Å². The molecule has 3 heteroatoms. The van der Waals surface area contributed by atoms with Crippen LogP contribution in [0.4, 0.5) is 0 Å². The zero-order chi connectivity index (χ0) is 29.9. The van der Waals surface area contributed by atoms with Crippen LogP contribution in [0.3, 0.4) is 0 Å². The number of aryl methyl sites for hydroxylation is 4. The van der Waals surface area contributed by atoms with Gasteiger partial charge in [-0.3, -0.25) is 4.57 Å². The number of imidazole rings is 1. The Balaban J connectivity index is 1.56. The minimum absolute atomic E-state index is 0.850. The summed E-state index contributed by atoms with van der Waals surface area (Å²) in [6.07, 6.45) is 0. The monoisotopic (exact) mass is 568 g/mol. The second-order valence-corrected chi connectivity index (χ2v) is 11.8. The van der Waals surface area contributed by atoms with Gasteiger partial charge >= 0.3 is 0 Å². The van der Waals surface area contributed by atoms with Crippen LogP contribution in [0.1, 0.15) is 22.3 Å². The first-order valence-electron chi connectivity index (χ1n) is 15.2. The second kappa shape index (κ2) is 10.1. The minimum atomic E-state index is 0.850. The Labute approximate surface area is 257 Å². The molecule has 0 amide bonds. The lowest BCUT2D eigenvalue weighted by Crippen LogP contribution is -2.05. The van der Waals surface area contributed by atoms with E-state index >= 15 is 0 Å². The highest BCUT2D eigenvalue weighted by molar-refractivity contribution is 6.09. The Bertz CT molecular complexity index is 2280. The van der Waals surface area contributed by atoms with E-state index in [0.717, 1.165) is 50.0 Å². The molecule has 8 rings (SSSR count). The standard InChI is InChI=1S/C41H32N2O/c1-25-13-9-14-26(2)37(25)31-19-12-20-32(38-27(3)15-10-16-28(38)4)39(31)43-35-23-7-6-22-34(35)42-41(43)33-21-11-18-30-29-17-5-8-24-36(29)44-40(30)33/h5-24H,1-4H3. The maximum atomic E-state index is 6.58. The van der Waals surface area contributed by atoms with Gasteiger partial charge in [-0.15, -0.1) is 0 Å². The first-order chi connectivity index (χ1) is 21.5. The molecular formula is C41H32N2O. The maximum Gasteiger partial charge on any atom is 0.149 e. The molecule has 8 aromatic rings. The molecule has 2 heterocycles. The van der Waals surface area contributed by atoms with Gasteiger partial charge in [0.25, 0.3) is 0 Å². The Hall–Kier alpha value is -5.41. The van der Waals surface area contributed by atoms with Crippen LogP contribution < -0.4 is 0 Å². The van der Waals surface area contributed by atoms with E-state index < -0.39 is 0 Å². The van der Waals surface area contributed by atoms with Crippen molar-refractivity contribution in [2.45, 2.75) is 27.7 Å². The molecule has 2 aromatic heterocycles. The summed E-state index contributed by atoms with van der Waals surface area (Å²) < 4.78 is 8.95. The summed E-state index contributed by atoms with van der Waals surface area (Å²) in [6, 6.07) is 43.0. The number of hydrogen-bond acceptors (Lipinski definition) is 2. The zero-order valence-corrected chi connectivity index (χ0v) is 25.3. The molecule has 0 bridgehead atoms. The number of para-hydroxylation sites is 5. The second-order valence-electron chi connectivity index (χ2n) is 11.8. The molecule has 6 aromatic carbocycles. The van der Waals surface area contributed by atoms with Crippen LogP contribution in [0.25, 0.3) is 72.3 Å². The topological polar surface area (TPSA) is 31.0 Å². The Morgan fingerprint density at radius 1 is 0.500 bits per heavy atom. The summed E-state index contributed by atoms with van der Waals surface area (Å²) in [5.74, 6) is 0.863. The molecule has 0 atom stereocenters. The predicted octanol–water partition coefficient (Wildman–Crippen LogP) is 11.2. The van der Waals surface area contributed by atoms with E-state index in [9.17, 15) is 0 Å². The van der Waals surface area contributed by atoms with Crippen molar-refractivity contribution in [2.24, 2.45) is 0 Å². The number of benzene rings is 6. The molecule has 0 aliphatic carbocycles. The van der Waals surface area contributed by atoms with Crippen molar-refractivity contribution in [3.8, 4) is 39.3 Å². The van der Waals surface area contributed by atoms with E-state index in [0.29, 0.717) is 0 Å². The van der Waals surface area contributed by atoms with Crippen molar-refractivity contribution in [2.75, 3.05) is 0 Å². The number of nitrogens with zero attached hydrogens (tertiary/aromatic N) is 2. The highest BCUT2D eigenvalue weighted by Crippen LogP contribution is 2.45. The van der Waals surface area contributed by atoms with E-state index in [-0.39, 0.29) is 0 Å². The fourth-order valence-electron chi connectivity index (χ4n) is 7.02. The zero-order valence-electron chi connectivity index (χ0n) is 25.3. The van der Waals surface area contributed by atoms with Gasteiger partial charge < -0.3 is 4.42 Å². The molecule has 0 N–H and O–H groups in total. The van der Waals surface area contributed by atoms with Crippen molar-refractivity contribution in [1.82, 2.24) is 9.55 Å². The molecule has 0 spiro atoms. The average molecular weight is 569 g/mol. The van der Waals surface area contributed by atoms with Crippen LogP contribution in [0.15, 0.2) is 126 Å². The number of rotatable bonds is 4. The largest absolute Gasteiger partial charge is 0.455 e. The summed E-state index contributed by atoms with van der Waals surface area (Å²) in [4.78, 5) is 5.34. The van der Waals surface area contributed by atoms with Crippen molar-refractivity contribution < 1.29 is 4.42 Å². The van der Waals surface area contributed by atoms with E-state index in [1.807, 2.05) is 12.1 Å². The van der Waals surface area contributed by atoms with Gasteiger partial charge in [-0.1, -0.05) is 97.1 Å². The van der Waals surface area contributed by atoms with Crippen molar-refractivity contribution in [3.05, 3.63) is 144 Å². The van der Waals surface area contributed by atoms with Crippen molar-refractivity contribution >= 4 is 33.0 Å². The Morgan fingerprint density at radius 3 is 1.70 bits per heavy atom. The molecule has 0 aliphatic heterocycles. The molecule has 0 aliphatic rings. The lowest BCUT2D eigenvalue weighted by molar-refractivity contribution is 0.669. The van der Waals surface area contributed by atoms with Gasteiger partial charge in [0, 0.05) is 21.9 Å². The van der Waals surface area contributed by atoms with Gasteiger partial charge in [0.1, 0.15) is 17.0 Å². The lowest BCUT2D eigenvalue weighted by Gasteiger charge is -2.23. The molecule has 0 radical (unpaired) electrons. The normalized spacial score (nSPS) is 11.6. The van der Waals surface area contributed by atoms with Gasteiger partial charge in [-0.25, -0.2) is 4.98 Å². The number of aromatic nitrogens is 2. The summed E-state index contributed by atoms with van der Waals surface area (Å²) in [7, 11) is 0. The molecule has 44 heavy (non-hydrogen) atoms. The summed E-state index contributed by atoms with van der Waals surface area (Å²) in [5.41, 5.74) is 15.7. The summed E-state index contributed by atoms with van der Waals surface area (Å²) in [6.45, 7) is 8.83. The van der Waals surface area contributed by atoms with E-state index in [1.54, 1.807) is 0 Å². The van der Waals surface area contributed by atoms with E-state index in [2.05, 4.69) is 141 Å². The van der Waals surface area contributed by atoms with E-state index in [4.69, 9.17) is 9.40 Å². The Kier molecular flexibility index (Phi) is 6.02. The van der Waals surface area contributed by atoms with Crippen LogP contribution >= 0.6 is 0 Å². The summed E-state index contributed by atoms with van der Waals surface area (Å²) in [5, 5.41) is 2.20. The van der Waals surface area contributed by atoms with Gasteiger partial charge in [-0.05, 0) is 85.3 Å². The SMILES string of the molecule is Cc1cccc(C)c1-c1cccc(-c2c(C)cccc2C)c1-n1c(-c2cccc3c2oc2ccccc23)nc2ccccc21. The fourth-order valence-corrected chi connectivity index (χ4v) is 7.02. The lowest BCUT2D eigenvalue weighted by atomic mass is 9.88. The highest BCUT2D eigenvalue weighted by atomic mass is 16.3. The molecule has 0 saturated heterocycles. The third-order valence-electron chi connectivity index (χ3n) is 8.97. The van der Waals surface area contributed by atoms with Crippen LogP contribution in [0.2, 0.25) is 0 Å². The fraction of sp³-hybridized carbons (Fsp3) is 0.0976. The number of fused-ring (bicyclic) bond motifs is 4. The van der Waals surface area contributed by atoms with Crippen molar-refractivity contribution in [1.29, 1.82) is 0 Å². The smallest absolute Gasteiger partial charge is 0.149 e. The van der Waals surface area contributed by atoms with Crippen LogP contribution in [0, 0.1) is 27.7 Å². The van der Waals surface area contributed by atoms with Crippen LogP contribution in [-0.2, 0) is 0 Å². The van der Waals surface area contributed by atoms with Crippen LogP contribution in [0.5, 0.6) is 0 Å². The predicted molar refractivity (Wildman–Crippen MR) is 184 cm³/mol. The third-order valence-corrected chi connectivity index (χ3v) is 8.97. The average Bonchev–Trinajstić information content (AvgIpc) is 3.60. The highest BCUT2D eigenvalue weighted by Gasteiger charge is 2.25. The minimum Gasteiger partial charge on any atom is -0.455 e. The third kappa shape index (κ3) is 3.93. The molecule has 212 valence electrons. The quantitative estimate of drug-likeness (QED) is 0.211. The van der Waals surface area contributed by atoms with Gasteiger partial charge in [-0.2, -0.15) is 0 Å². The Morgan fingerprint density at radius 2 is 1.02 bits per heavy atom. The van der Waals surface area contributed by atoms with Crippen LogP contribution in [-0.4, -0.2) is 9.55 Å². The van der Waals surface area contributed by atoms with Gasteiger partial charge in [0.15, 0.2) is 0 Å². The number of furan rings is 1. The van der Waals surface area contributed by atoms with Crippen molar-refractivity contribution in [3.63, 3.8) is 0 Å². The summed E-state index contributed by atoms with van der Waals surface area (Å²) >= 11 is 0. The maximum absolute atomic E-state index is 6.58. The first-order valence-corrected chi connectivity index (χ1v) is 15.2. The molecular weight excluding hydrogens is 536 g/mol. The van der Waals surface area contributed by atoms with Gasteiger partial charge in [0.2, 0.25) is 0 Å². The molecule has 0 unspecified atom stereocenters. The molecule has 3 nitrogen and oxygen atoms in total. The number of hydrogen-bond donors (Lipinski definition) is 0. The van der Waals surface area contributed by atoms with E-state index in [1.165, 1.54) is 44.5 Å². The molecule has 0 fully saturated rings. The molecule has 0 saturated carbocycles.